The number of carbonyl (C=O) groups is 3. The van der Waals surface area contributed by atoms with Crippen LogP contribution in [0.1, 0.15) is 17.5 Å². The molecule has 1 amide bonds. The first-order valence-electron chi connectivity index (χ1n) is 11.2. The van der Waals surface area contributed by atoms with Crippen molar-refractivity contribution in [1.82, 2.24) is 0 Å². The third-order valence-corrected chi connectivity index (χ3v) is 5.46. The molecule has 0 fully saturated rings. The fraction of sp³-hybridized carbons (Fsp3) is 0.179. The Morgan fingerprint density at radius 2 is 1.53 bits per heavy atom. The van der Waals surface area contributed by atoms with Crippen molar-refractivity contribution in [2.45, 2.75) is 12.8 Å². The molecule has 0 saturated carbocycles. The number of hydrogen-bond donors (Lipinski definition) is 3. The minimum atomic E-state index is -1.56. The highest BCUT2D eigenvalue weighted by Crippen LogP contribution is 2.28. The van der Waals surface area contributed by atoms with Gasteiger partial charge in [-0.2, -0.15) is 0 Å². The van der Waals surface area contributed by atoms with Crippen LogP contribution in [0.15, 0.2) is 72.8 Å². The first-order chi connectivity index (χ1) is 17.3. The van der Waals surface area contributed by atoms with Gasteiger partial charge in [-0.25, -0.2) is 0 Å². The van der Waals surface area contributed by atoms with E-state index in [1.165, 1.54) is 44.6 Å². The van der Waals surface area contributed by atoms with Crippen LogP contribution in [0, 0.1) is 5.92 Å². The van der Waals surface area contributed by atoms with Gasteiger partial charge >= 0.3 is 0 Å². The quantitative estimate of drug-likeness (QED) is 0.273. The number of aromatic hydroxyl groups is 2. The molecule has 0 heterocycles. The van der Waals surface area contributed by atoms with E-state index >= 15 is 0 Å². The Kier molecular flexibility index (Phi) is 8.83. The number of rotatable bonds is 11. The smallest absolute Gasteiger partial charge is 0.242 e. The van der Waals surface area contributed by atoms with Gasteiger partial charge in [0.2, 0.25) is 5.91 Å². The lowest BCUT2D eigenvalue weighted by atomic mass is 9.92. The number of amides is 1. The molecular formula is C28H27NO7. The van der Waals surface area contributed by atoms with Crippen LogP contribution in [0.25, 0.3) is 6.08 Å². The van der Waals surface area contributed by atoms with Gasteiger partial charge in [-0.15, -0.1) is 0 Å². The molecule has 3 aromatic carbocycles. The van der Waals surface area contributed by atoms with Crippen molar-refractivity contribution < 1.29 is 34.1 Å². The molecule has 8 heteroatoms. The van der Waals surface area contributed by atoms with Crippen molar-refractivity contribution in [3.8, 4) is 23.0 Å². The standard InChI is InChI=1S/C28H27NO7/c1-35-25-16-18(8-12-21(25)30)10-14-23(32)27(28(34)29-20-6-4-3-5-7-20)24(33)15-11-19-9-13-22(31)26(17-19)36-2/h3-10,12-14,16-17,27,30-31H,11,15H2,1-2H3,(H,29,34)/b14-10+. The summed E-state index contributed by atoms with van der Waals surface area (Å²) in [7, 11) is 2.82. The molecule has 1 atom stereocenters. The molecular weight excluding hydrogens is 462 g/mol. The molecule has 186 valence electrons. The molecule has 0 saturated heterocycles. The summed E-state index contributed by atoms with van der Waals surface area (Å²) < 4.78 is 10.2. The Labute approximate surface area is 208 Å². The lowest BCUT2D eigenvalue weighted by Gasteiger charge is -2.14. The van der Waals surface area contributed by atoms with Gasteiger partial charge in [0.05, 0.1) is 14.2 Å². The number of phenolic OH excluding ortho intramolecular Hbond substituents is 2. The second-order valence-corrected chi connectivity index (χ2v) is 7.93. The number of methoxy groups -OCH3 is 2. The number of para-hydroxylation sites is 1. The van der Waals surface area contributed by atoms with E-state index in [0.717, 1.165) is 0 Å². The highest BCUT2D eigenvalue weighted by atomic mass is 16.5. The van der Waals surface area contributed by atoms with Crippen LogP contribution in [-0.2, 0) is 20.8 Å². The minimum absolute atomic E-state index is 0.0288. The number of nitrogens with one attached hydrogen (secondary N) is 1. The molecule has 8 nitrogen and oxygen atoms in total. The number of carbonyl (C=O) groups excluding carboxylic acids is 3. The molecule has 3 aromatic rings. The Bertz CT molecular complexity index is 1270. The van der Waals surface area contributed by atoms with Crippen molar-refractivity contribution in [1.29, 1.82) is 0 Å². The molecule has 0 aliphatic rings. The van der Waals surface area contributed by atoms with Gasteiger partial charge in [0, 0.05) is 12.1 Å². The van der Waals surface area contributed by atoms with Crippen molar-refractivity contribution in [2.75, 3.05) is 19.5 Å². The highest BCUT2D eigenvalue weighted by molar-refractivity contribution is 6.25. The Balaban J connectivity index is 1.80. The lowest BCUT2D eigenvalue weighted by Crippen LogP contribution is -2.35. The average molecular weight is 490 g/mol. The fourth-order valence-electron chi connectivity index (χ4n) is 3.53. The summed E-state index contributed by atoms with van der Waals surface area (Å²) in [5, 5.41) is 22.2. The summed E-state index contributed by atoms with van der Waals surface area (Å²) in [5.41, 5.74) is 1.71. The number of benzene rings is 3. The normalized spacial score (nSPS) is 11.6. The van der Waals surface area contributed by atoms with E-state index in [4.69, 9.17) is 9.47 Å². The summed E-state index contributed by atoms with van der Waals surface area (Å²) in [6, 6.07) is 17.8. The number of anilines is 1. The molecule has 3 N–H and O–H groups in total. The summed E-state index contributed by atoms with van der Waals surface area (Å²) in [4.78, 5) is 39.2. The molecule has 0 spiro atoms. The zero-order valence-corrected chi connectivity index (χ0v) is 19.9. The first-order valence-corrected chi connectivity index (χ1v) is 11.2. The van der Waals surface area contributed by atoms with Crippen molar-refractivity contribution in [3.63, 3.8) is 0 Å². The number of phenols is 2. The van der Waals surface area contributed by atoms with Gasteiger partial charge < -0.3 is 25.0 Å². The maximum atomic E-state index is 13.1. The van der Waals surface area contributed by atoms with Gasteiger partial charge in [-0.3, -0.25) is 14.4 Å². The fourth-order valence-corrected chi connectivity index (χ4v) is 3.53. The monoisotopic (exact) mass is 489 g/mol. The van der Waals surface area contributed by atoms with E-state index in [2.05, 4.69) is 5.32 Å². The first kappa shape index (κ1) is 26.0. The predicted molar refractivity (Wildman–Crippen MR) is 135 cm³/mol. The van der Waals surface area contributed by atoms with Crippen LogP contribution in [0.3, 0.4) is 0 Å². The number of Topliss-reactive ketones (excluding diaryl/α,β-unsaturated/α-hetero) is 1. The summed E-state index contributed by atoms with van der Waals surface area (Å²) in [6.07, 6.45) is 2.79. The second kappa shape index (κ2) is 12.2. The zero-order valence-electron chi connectivity index (χ0n) is 19.9. The SMILES string of the molecule is COc1cc(/C=C/C(=O)C(C(=O)CCc2ccc(O)c(OC)c2)C(=O)Nc2ccccc2)ccc1O. The third-order valence-electron chi connectivity index (χ3n) is 5.46. The third kappa shape index (κ3) is 6.73. The highest BCUT2D eigenvalue weighted by Gasteiger charge is 2.32. The number of ketones is 2. The van der Waals surface area contributed by atoms with E-state index in [1.54, 1.807) is 48.5 Å². The van der Waals surface area contributed by atoms with Gasteiger partial charge in [0.15, 0.2) is 40.5 Å². The second-order valence-electron chi connectivity index (χ2n) is 7.93. The Morgan fingerprint density at radius 3 is 2.19 bits per heavy atom. The number of hydrogen-bond acceptors (Lipinski definition) is 7. The van der Waals surface area contributed by atoms with Crippen LogP contribution in [0.2, 0.25) is 0 Å². The van der Waals surface area contributed by atoms with E-state index in [-0.39, 0.29) is 35.8 Å². The zero-order chi connectivity index (χ0) is 26.1. The van der Waals surface area contributed by atoms with E-state index in [1.807, 2.05) is 0 Å². The molecule has 36 heavy (non-hydrogen) atoms. The molecule has 1 unspecified atom stereocenters. The number of ether oxygens (including phenoxy) is 2. The van der Waals surface area contributed by atoms with Crippen LogP contribution in [0.4, 0.5) is 5.69 Å². The number of allylic oxidation sites excluding steroid dienone is 1. The van der Waals surface area contributed by atoms with E-state index < -0.39 is 23.4 Å². The maximum absolute atomic E-state index is 13.1. The molecule has 0 radical (unpaired) electrons. The largest absolute Gasteiger partial charge is 0.504 e. The van der Waals surface area contributed by atoms with Crippen molar-refractivity contribution in [3.05, 3.63) is 83.9 Å². The van der Waals surface area contributed by atoms with Crippen LogP contribution in [0.5, 0.6) is 23.0 Å². The summed E-state index contributed by atoms with van der Waals surface area (Å²) in [6.45, 7) is 0. The van der Waals surface area contributed by atoms with Gasteiger partial charge in [0.1, 0.15) is 0 Å². The van der Waals surface area contributed by atoms with Crippen LogP contribution in [-0.4, -0.2) is 41.9 Å². The summed E-state index contributed by atoms with van der Waals surface area (Å²) >= 11 is 0. The Hall–Kier alpha value is -4.59. The maximum Gasteiger partial charge on any atom is 0.242 e. The van der Waals surface area contributed by atoms with Gasteiger partial charge in [-0.1, -0.05) is 36.4 Å². The summed E-state index contributed by atoms with van der Waals surface area (Å²) in [5.74, 6) is -3.10. The lowest BCUT2D eigenvalue weighted by molar-refractivity contribution is -0.136. The molecule has 0 aliphatic carbocycles. The molecule has 3 rings (SSSR count). The van der Waals surface area contributed by atoms with Crippen molar-refractivity contribution in [2.24, 2.45) is 5.92 Å². The Morgan fingerprint density at radius 1 is 0.889 bits per heavy atom. The molecule has 0 aliphatic heterocycles. The van der Waals surface area contributed by atoms with Crippen LogP contribution < -0.4 is 14.8 Å². The van der Waals surface area contributed by atoms with E-state index in [9.17, 15) is 24.6 Å². The topological polar surface area (TPSA) is 122 Å². The van der Waals surface area contributed by atoms with Gasteiger partial charge in [-0.05, 0) is 60.0 Å². The molecule has 0 bridgehead atoms. The number of aryl methyl sites for hydroxylation is 1. The minimum Gasteiger partial charge on any atom is -0.504 e. The van der Waals surface area contributed by atoms with Crippen molar-refractivity contribution >= 4 is 29.2 Å². The molecule has 0 aromatic heterocycles. The predicted octanol–water partition coefficient (Wildman–Crippen LogP) is 4.15. The van der Waals surface area contributed by atoms with Gasteiger partial charge in [0.25, 0.3) is 0 Å². The van der Waals surface area contributed by atoms with E-state index in [0.29, 0.717) is 16.8 Å². The van der Waals surface area contributed by atoms with Crippen LogP contribution >= 0.6 is 0 Å². The average Bonchev–Trinajstić information content (AvgIpc) is 2.88.